The molecule has 0 spiro atoms. The highest BCUT2D eigenvalue weighted by Crippen LogP contribution is 2.36. The summed E-state index contributed by atoms with van der Waals surface area (Å²) in [5, 5.41) is 0. The molecule has 1 saturated carbocycles. The van der Waals surface area contributed by atoms with Crippen molar-refractivity contribution in [1.29, 1.82) is 0 Å². The lowest BCUT2D eigenvalue weighted by atomic mass is 9.99. The average molecular weight is 228 g/mol. The first kappa shape index (κ1) is 13.9. The van der Waals surface area contributed by atoms with Crippen molar-refractivity contribution in [1.82, 2.24) is 4.90 Å². The predicted molar refractivity (Wildman–Crippen MR) is 68.4 cm³/mol. The van der Waals surface area contributed by atoms with Crippen molar-refractivity contribution in [3.63, 3.8) is 0 Å². The van der Waals surface area contributed by atoms with Crippen LogP contribution in [-0.4, -0.2) is 43.8 Å². The molecule has 1 fully saturated rings. The topological polar surface area (TPSA) is 38.5 Å². The lowest BCUT2D eigenvalue weighted by Gasteiger charge is -2.37. The maximum Gasteiger partial charge on any atom is 0.0589 e. The van der Waals surface area contributed by atoms with E-state index < -0.39 is 0 Å². The van der Waals surface area contributed by atoms with Crippen LogP contribution in [-0.2, 0) is 4.74 Å². The molecule has 0 aromatic rings. The van der Waals surface area contributed by atoms with E-state index >= 15 is 0 Å². The molecule has 3 unspecified atom stereocenters. The fourth-order valence-electron chi connectivity index (χ4n) is 2.35. The van der Waals surface area contributed by atoms with Crippen LogP contribution in [0.15, 0.2) is 0 Å². The maximum absolute atomic E-state index is 5.77. The van der Waals surface area contributed by atoms with Crippen molar-refractivity contribution in [3.8, 4) is 0 Å². The summed E-state index contributed by atoms with van der Waals surface area (Å²) in [6.07, 6.45) is 2.79. The highest BCUT2D eigenvalue weighted by atomic mass is 16.5. The van der Waals surface area contributed by atoms with Gasteiger partial charge in [-0.05, 0) is 45.1 Å². The van der Waals surface area contributed by atoms with Crippen LogP contribution < -0.4 is 5.73 Å². The minimum Gasteiger partial charge on any atom is -0.383 e. The summed E-state index contributed by atoms with van der Waals surface area (Å²) in [7, 11) is 1.77. The molecule has 0 aromatic heterocycles. The van der Waals surface area contributed by atoms with E-state index in [9.17, 15) is 0 Å². The Labute approximate surface area is 100 Å². The second kappa shape index (κ2) is 6.58. The quantitative estimate of drug-likeness (QED) is 0.687. The van der Waals surface area contributed by atoms with Crippen LogP contribution in [0.4, 0.5) is 0 Å². The van der Waals surface area contributed by atoms with Gasteiger partial charge in [-0.1, -0.05) is 6.92 Å². The standard InChI is InChI=1S/C13H28N2O/c1-10(9-14)11(2)15(7-8-16-4)12(3)13-5-6-13/h10-13H,5-9,14H2,1-4H3. The van der Waals surface area contributed by atoms with Crippen LogP contribution in [0, 0.1) is 11.8 Å². The maximum atomic E-state index is 5.77. The van der Waals surface area contributed by atoms with Gasteiger partial charge in [0.25, 0.3) is 0 Å². The fraction of sp³-hybridized carbons (Fsp3) is 1.00. The number of hydrogen-bond acceptors (Lipinski definition) is 3. The molecule has 3 atom stereocenters. The van der Waals surface area contributed by atoms with E-state index in [1.54, 1.807) is 7.11 Å². The van der Waals surface area contributed by atoms with Gasteiger partial charge in [0.1, 0.15) is 0 Å². The third-order valence-electron chi connectivity index (χ3n) is 4.10. The number of methoxy groups -OCH3 is 1. The Morgan fingerprint density at radius 3 is 2.38 bits per heavy atom. The Hall–Kier alpha value is -0.120. The van der Waals surface area contributed by atoms with E-state index in [4.69, 9.17) is 10.5 Å². The molecule has 16 heavy (non-hydrogen) atoms. The SMILES string of the molecule is COCCN(C(C)C(C)CN)C(C)C1CC1. The minimum absolute atomic E-state index is 0.552. The molecule has 0 bridgehead atoms. The van der Waals surface area contributed by atoms with Crippen LogP contribution in [0.25, 0.3) is 0 Å². The molecule has 0 aliphatic heterocycles. The van der Waals surface area contributed by atoms with E-state index in [2.05, 4.69) is 25.7 Å². The Kier molecular flexibility index (Phi) is 5.73. The molecular formula is C13H28N2O. The van der Waals surface area contributed by atoms with E-state index in [1.807, 2.05) is 0 Å². The Bertz CT molecular complexity index is 194. The summed E-state index contributed by atoms with van der Waals surface area (Å²) in [5.74, 6) is 1.46. The molecule has 2 N–H and O–H groups in total. The average Bonchev–Trinajstić information content (AvgIpc) is 3.11. The molecule has 1 aliphatic carbocycles. The zero-order valence-corrected chi connectivity index (χ0v) is 11.3. The van der Waals surface area contributed by atoms with Gasteiger partial charge in [0, 0.05) is 25.7 Å². The van der Waals surface area contributed by atoms with E-state index in [-0.39, 0.29) is 0 Å². The van der Waals surface area contributed by atoms with Crippen molar-refractivity contribution < 1.29 is 4.74 Å². The molecule has 0 saturated heterocycles. The predicted octanol–water partition coefficient (Wildman–Crippen LogP) is 1.72. The molecule has 96 valence electrons. The fourth-order valence-corrected chi connectivity index (χ4v) is 2.35. The number of rotatable bonds is 8. The second-order valence-electron chi connectivity index (χ2n) is 5.26. The number of nitrogens with zero attached hydrogens (tertiary/aromatic N) is 1. The molecular weight excluding hydrogens is 200 g/mol. The Morgan fingerprint density at radius 2 is 1.94 bits per heavy atom. The smallest absolute Gasteiger partial charge is 0.0589 e. The van der Waals surface area contributed by atoms with Gasteiger partial charge in [-0.25, -0.2) is 0 Å². The number of ether oxygens (including phenoxy) is 1. The summed E-state index contributed by atoms with van der Waals surface area (Å²) in [5.41, 5.74) is 5.77. The number of hydrogen-bond donors (Lipinski definition) is 1. The van der Waals surface area contributed by atoms with Crippen molar-refractivity contribution in [3.05, 3.63) is 0 Å². The van der Waals surface area contributed by atoms with Gasteiger partial charge in [0.05, 0.1) is 6.61 Å². The van der Waals surface area contributed by atoms with Crippen molar-refractivity contribution in [2.24, 2.45) is 17.6 Å². The second-order valence-corrected chi connectivity index (χ2v) is 5.26. The van der Waals surface area contributed by atoms with Crippen LogP contribution in [0.5, 0.6) is 0 Å². The monoisotopic (exact) mass is 228 g/mol. The molecule has 3 nitrogen and oxygen atoms in total. The first-order valence-corrected chi connectivity index (χ1v) is 6.56. The first-order chi connectivity index (χ1) is 7.61. The third kappa shape index (κ3) is 3.72. The van der Waals surface area contributed by atoms with Gasteiger partial charge in [0.15, 0.2) is 0 Å². The van der Waals surface area contributed by atoms with Gasteiger partial charge in [-0.15, -0.1) is 0 Å². The van der Waals surface area contributed by atoms with Crippen LogP contribution in [0.3, 0.4) is 0 Å². The summed E-state index contributed by atoms with van der Waals surface area (Å²) < 4.78 is 5.21. The first-order valence-electron chi connectivity index (χ1n) is 6.56. The Morgan fingerprint density at radius 1 is 1.31 bits per heavy atom. The van der Waals surface area contributed by atoms with Gasteiger partial charge >= 0.3 is 0 Å². The van der Waals surface area contributed by atoms with E-state index in [0.717, 1.165) is 25.6 Å². The minimum atomic E-state index is 0.552. The lowest BCUT2D eigenvalue weighted by Crippen LogP contribution is -2.47. The molecule has 1 rings (SSSR count). The van der Waals surface area contributed by atoms with E-state index in [1.165, 1.54) is 12.8 Å². The lowest BCUT2D eigenvalue weighted by molar-refractivity contribution is 0.0678. The third-order valence-corrected chi connectivity index (χ3v) is 4.10. The van der Waals surface area contributed by atoms with E-state index in [0.29, 0.717) is 18.0 Å². The van der Waals surface area contributed by atoms with Gasteiger partial charge in [-0.3, -0.25) is 4.90 Å². The van der Waals surface area contributed by atoms with Crippen LogP contribution in [0.2, 0.25) is 0 Å². The van der Waals surface area contributed by atoms with Crippen LogP contribution in [0.1, 0.15) is 33.6 Å². The van der Waals surface area contributed by atoms with Crippen molar-refractivity contribution in [2.75, 3.05) is 26.8 Å². The van der Waals surface area contributed by atoms with Crippen molar-refractivity contribution in [2.45, 2.75) is 45.7 Å². The largest absolute Gasteiger partial charge is 0.383 e. The molecule has 0 aromatic carbocycles. The summed E-state index contributed by atoms with van der Waals surface area (Å²) in [6, 6.07) is 1.23. The van der Waals surface area contributed by atoms with Crippen molar-refractivity contribution >= 4 is 0 Å². The van der Waals surface area contributed by atoms with Gasteiger partial charge in [0.2, 0.25) is 0 Å². The summed E-state index contributed by atoms with van der Waals surface area (Å²) in [6.45, 7) is 9.50. The van der Waals surface area contributed by atoms with Crippen LogP contribution >= 0.6 is 0 Å². The molecule has 0 amide bonds. The summed E-state index contributed by atoms with van der Waals surface area (Å²) >= 11 is 0. The van der Waals surface area contributed by atoms with Gasteiger partial charge in [-0.2, -0.15) is 0 Å². The Balaban J connectivity index is 2.53. The molecule has 1 aliphatic rings. The highest BCUT2D eigenvalue weighted by molar-refractivity contribution is 4.88. The molecule has 0 radical (unpaired) electrons. The summed E-state index contributed by atoms with van der Waals surface area (Å²) in [4.78, 5) is 2.58. The number of nitrogens with two attached hydrogens (primary N) is 1. The zero-order valence-electron chi connectivity index (χ0n) is 11.3. The van der Waals surface area contributed by atoms with Gasteiger partial charge < -0.3 is 10.5 Å². The highest BCUT2D eigenvalue weighted by Gasteiger charge is 2.34. The normalized spacial score (nSPS) is 22.1. The zero-order chi connectivity index (χ0) is 12.1. The molecule has 3 heteroatoms. The molecule has 0 heterocycles.